The Morgan fingerprint density at radius 3 is 1.89 bits per heavy atom. The minimum atomic E-state index is -4.31. The maximum Gasteiger partial charge on any atom is 0.393 e. The zero-order valence-corrected chi connectivity index (χ0v) is 38.0. The van der Waals surface area contributed by atoms with Crippen molar-refractivity contribution in [3.63, 3.8) is 0 Å². The summed E-state index contributed by atoms with van der Waals surface area (Å²) in [7, 11) is 0. The molecule has 2 nitrogen and oxygen atoms in total. The smallest absolute Gasteiger partial charge is 0.322 e. The van der Waals surface area contributed by atoms with Crippen LogP contribution >= 0.6 is 0 Å². The minimum absolute atomic E-state index is 0.176. The van der Waals surface area contributed by atoms with Crippen molar-refractivity contribution in [2.75, 3.05) is 5.32 Å². The number of carbonyl (C=O) groups excluding carboxylic acids is 1. The lowest BCUT2D eigenvalue weighted by Gasteiger charge is -2.13. The van der Waals surface area contributed by atoms with Gasteiger partial charge in [-0.15, -0.1) is 0 Å². The molecule has 0 saturated carbocycles. The topological polar surface area (TPSA) is 29.1 Å². The van der Waals surface area contributed by atoms with E-state index in [1.54, 1.807) is 24.3 Å². The molecule has 0 radical (unpaired) electrons. The highest BCUT2D eigenvalue weighted by atomic mass is 19.4. The van der Waals surface area contributed by atoms with E-state index in [9.17, 15) is 18.0 Å². The standard InChI is InChI=1S/C29H32F3NO.C7H12.C7H16.2C4H10/c1-5-8-10-22(11-9-6-2)13-15-24-18-25(14-12-21(24)4)28(34)33-27-17-16-23(7-3)26(19-27)20-29(30,31)32;1-4-5-6-7(2)3;1-4-6-7(3)5-2;2*1-3-4-2/h8,10-12,14,16-19H,5-7,9,20H2,1-4H3,(H,33,34);4-6H,1-3H3;7H,4-6H2,1-3H3;2*3-4H2,1-2H3/b10-8+,22-11+;5-4-;;;. The van der Waals surface area contributed by atoms with Crippen LogP contribution in [0.2, 0.25) is 0 Å². The van der Waals surface area contributed by atoms with Crippen molar-refractivity contribution in [1.82, 2.24) is 0 Å². The molecule has 0 aromatic heterocycles. The molecule has 1 unspecified atom stereocenters. The number of unbranched alkanes of at least 4 members (excludes halogenated alkanes) is 3. The van der Waals surface area contributed by atoms with Crippen LogP contribution in [-0.4, -0.2) is 12.1 Å². The summed E-state index contributed by atoms with van der Waals surface area (Å²) in [5.41, 5.74) is 5.49. The molecule has 0 heterocycles. The van der Waals surface area contributed by atoms with Gasteiger partial charge in [0.15, 0.2) is 0 Å². The summed E-state index contributed by atoms with van der Waals surface area (Å²) in [6.07, 6.45) is 19.7. The number of carbonyl (C=O) groups is 1. The predicted octanol–water partition coefficient (Wildman–Crippen LogP) is 16.9. The summed E-state index contributed by atoms with van der Waals surface area (Å²) in [6.45, 7) is 29.6. The number of amides is 1. The van der Waals surface area contributed by atoms with E-state index < -0.39 is 18.5 Å². The monoisotopic (exact) mass is 780 g/mol. The molecule has 0 fully saturated rings. The van der Waals surface area contributed by atoms with Gasteiger partial charge < -0.3 is 5.32 Å². The van der Waals surface area contributed by atoms with Crippen LogP contribution in [0.4, 0.5) is 18.9 Å². The molecule has 316 valence electrons. The van der Waals surface area contributed by atoms with Crippen LogP contribution < -0.4 is 5.32 Å². The molecule has 0 saturated heterocycles. The van der Waals surface area contributed by atoms with Crippen molar-refractivity contribution in [3.8, 4) is 11.8 Å². The zero-order chi connectivity index (χ0) is 43.4. The summed E-state index contributed by atoms with van der Waals surface area (Å²) >= 11 is 0. The Morgan fingerprint density at radius 2 is 1.46 bits per heavy atom. The highest BCUT2D eigenvalue weighted by Crippen LogP contribution is 2.26. The molecule has 2 aromatic carbocycles. The Balaban J connectivity index is -0.00000103. The second-order valence-electron chi connectivity index (χ2n) is 14.2. The van der Waals surface area contributed by atoms with Gasteiger partial charge in [0.25, 0.3) is 5.91 Å². The summed E-state index contributed by atoms with van der Waals surface area (Å²) in [6, 6.07) is 9.91. The van der Waals surface area contributed by atoms with E-state index >= 15 is 0 Å². The number of aryl methyl sites for hydroxylation is 2. The molecule has 1 atom stereocenters. The highest BCUT2D eigenvalue weighted by Gasteiger charge is 2.28. The summed E-state index contributed by atoms with van der Waals surface area (Å²) in [5.74, 6) is 6.91. The van der Waals surface area contributed by atoms with Gasteiger partial charge in [0.1, 0.15) is 0 Å². The molecular weight excluding hydrogens is 700 g/mol. The Morgan fingerprint density at radius 1 is 0.839 bits per heavy atom. The van der Waals surface area contributed by atoms with Crippen molar-refractivity contribution >= 4 is 11.6 Å². The molecular formula is C51H80F3NO. The van der Waals surface area contributed by atoms with Gasteiger partial charge in [-0.3, -0.25) is 4.79 Å². The first kappa shape index (κ1) is 56.6. The number of hydrogen-bond donors (Lipinski definition) is 1. The van der Waals surface area contributed by atoms with E-state index in [0.717, 1.165) is 41.9 Å². The Kier molecular flexibility index (Phi) is 37.2. The number of halogens is 3. The number of rotatable bonds is 14. The number of allylic oxidation sites excluding steroid dienone is 8. The lowest BCUT2D eigenvalue weighted by atomic mass is 10.0. The molecule has 2 aromatic rings. The number of nitrogens with one attached hydrogen (secondary N) is 1. The largest absolute Gasteiger partial charge is 0.393 e. The number of anilines is 1. The van der Waals surface area contributed by atoms with Crippen LogP contribution in [0.5, 0.6) is 0 Å². The summed E-state index contributed by atoms with van der Waals surface area (Å²) in [4.78, 5) is 12.8. The van der Waals surface area contributed by atoms with Gasteiger partial charge in [-0.25, -0.2) is 0 Å². The first-order valence-electron chi connectivity index (χ1n) is 21.3. The van der Waals surface area contributed by atoms with Gasteiger partial charge in [-0.2, -0.15) is 13.2 Å². The molecule has 2 rings (SSSR count). The van der Waals surface area contributed by atoms with E-state index in [-0.39, 0.29) is 5.56 Å². The Labute approximate surface area is 343 Å². The third-order valence-electron chi connectivity index (χ3n) is 8.36. The van der Waals surface area contributed by atoms with Crippen molar-refractivity contribution in [1.29, 1.82) is 0 Å². The number of hydrogen-bond acceptors (Lipinski definition) is 1. The fourth-order valence-corrected chi connectivity index (χ4v) is 4.36. The van der Waals surface area contributed by atoms with E-state index in [1.165, 1.54) is 56.6 Å². The minimum Gasteiger partial charge on any atom is -0.322 e. The van der Waals surface area contributed by atoms with Crippen LogP contribution in [0.3, 0.4) is 0 Å². The van der Waals surface area contributed by atoms with E-state index in [4.69, 9.17) is 0 Å². The van der Waals surface area contributed by atoms with E-state index in [2.05, 4.69) is 112 Å². The van der Waals surface area contributed by atoms with Crippen molar-refractivity contribution in [2.24, 2.45) is 5.92 Å². The fraction of sp³-hybridized carbons (Fsp3) is 0.549. The van der Waals surface area contributed by atoms with Crippen LogP contribution in [0, 0.1) is 24.7 Å². The SMILES string of the molecule is C/C=C\C=C(C)C.CC/C=C/C(C#Cc1cc(C(=O)Nc2ccc(CC)c(CC(F)(F)F)c2)ccc1C)=C\CCC.CCCC.CCCC.CCCC(C)CC. The van der Waals surface area contributed by atoms with Crippen molar-refractivity contribution < 1.29 is 18.0 Å². The average molecular weight is 780 g/mol. The highest BCUT2D eigenvalue weighted by molar-refractivity contribution is 6.04. The van der Waals surface area contributed by atoms with Crippen LogP contribution in [0.15, 0.2) is 84.0 Å². The Bertz CT molecular complexity index is 1470. The molecule has 0 aliphatic rings. The van der Waals surface area contributed by atoms with Crippen LogP contribution in [0.25, 0.3) is 0 Å². The lowest BCUT2D eigenvalue weighted by Crippen LogP contribution is -2.15. The normalized spacial score (nSPS) is 11.3. The summed E-state index contributed by atoms with van der Waals surface area (Å²) < 4.78 is 38.9. The molecule has 1 N–H and O–H groups in total. The van der Waals surface area contributed by atoms with Gasteiger partial charge in [-0.05, 0) is 93.8 Å². The van der Waals surface area contributed by atoms with Gasteiger partial charge in [0.05, 0.1) is 6.42 Å². The second-order valence-corrected chi connectivity index (χ2v) is 14.2. The third kappa shape index (κ3) is 32.5. The predicted molar refractivity (Wildman–Crippen MR) is 244 cm³/mol. The third-order valence-corrected chi connectivity index (χ3v) is 8.36. The molecule has 0 bridgehead atoms. The molecule has 1 amide bonds. The number of benzene rings is 2. The lowest BCUT2D eigenvalue weighted by molar-refractivity contribution is -0.127. The quantitative estimate of drug-likeness (QED) is 0.150. The van der Waals surface area contributed by atoms with Crippen molar-refractivity contribution in [3.05, 3.63) is 112 Å². The molecule has 0 aliphatic heterocycles. The molecule has 0 aliphatic carbocycles. The van der Waals surface area contributed by atoms with Gasteiger partial charge in [-0.1, -0.05) is 187 Å². The first-order chi connectivity index (χ1) is 26.6. The molecule has 5 heteroatoms. The van der Waals surface area contributed by atoms with Gasteiger partial charge in [0.2, 0.25) is 0 Å². The number of alkyl halides is 3. The maximum absolute atomic E-state index is 13.0. The zero-order valence-electron chi connectivity index (χ0n) is 38.0. The van der Waals surface area contributed by atoms with Crippen molar-refractivity contribution in [2.45, 2.75) is 180 Å². The first-order valence-corrected chi connectivity index (χ1v) is 21.3. The van der Waals surface area contributed by atoms with Crippen LogP contribution in [0.1, 0.15) is 187 Å². The average Bonchev–Trinajstić information content (AvgIpc) is 3.17. The van der Waals surface area contributed by atoms with Gasteiger partial charge in [0, 0.05) is 22.4 Å². The van der Waals surface area contributed by atoms with E-state index in [0.29, 0.717) is 23.2 Å². The fourth-order valence-electron chi connectivity index (χ4n) is 4.36. The van der Waals surface area contributed by atoms with E-state index in [1.807, 2.05) is 45.1 Å². The summed E-state index contributed by atoms with van der Waals surface area (Å²) in [5, 5.41) is 2.73. The molecule has 56 heavy (non-hydrogen) atoms. The Hall–Kier alpha value is -3.78. The van der Waals surface area contributed by atoms with Gasteiger partial charge >= 0.3 is 6.18 Å². The maximum atomic E-state index is 13.0. The van der Waals surface area contributed by atoms with Crippen LogP contribution in [-0.2, 0) is 12.8 Å². The molecule has 0 spiro atoms. The second kappa shape index (κ2) is 36.8.